The van der Waals surface area contributed by atoms with Crippen molar-refractivity contribution in [1.82, 2.24) is 19.9 Å². The topological polar surface area (TPSA) is 94.1 Å². The third-order valence-corrected chi connectivity index (χ3v) is 3.98. The molecule has 0 radical (unpaired) electrons. The van der Waals surface area contributed by atoms with Gasteiger partial charge >= 0.3 is 0 Å². The average molecular weight is 299 g/mol. The summed E-state index contributed by atoms with van der Waals surface area (Å²) in [7, 11) is 0. The summed E-state index contributed by atoms with van der Waals surface area (Å²) in [4.78, 5) is 25.4. The number of fused-ring (bicyclic) bond motifs is 1. The number of hydrogen-bond acceptors (Lipinski definition) is 4. The Hall–Kier alpha value is -2.70. The van der Waals surface area contributed by atoms with Crippen molar-refractivity contribution in [3.63, 3.8) is 0 Å². The van der Waals surface area contributed by atoms with Crippen molar-refractivity contribution in [2.45, 2.75) is 26.4 Å². The highest BCUT2D eigenvalue weighted by Crippen LogP contribution is 2.18. The number of benzene rings is 1. The summed E-state index contributed by atoms with van der Waals surface area (Å²) >= 11 is 0. The lowest BCUT2D eigenvalue weighted by Crippen LogP contribution is -2.38. The SMILES string of the molecule is Cc1c(C(N)=O)nnn1CC(=O)N1CCc2ccccc2C1. The minimum Gasteiger partial charge on any atom is -0.364 e. The van der Waals surface area contributed by atoms with Crippen molar-refractivity contribution in [2.24, 2.45) is 5.73 Å². The fourth-order valence-corrected chi connectivity index (χ4v) is 2.67. The largest absolute Gasteiger partial charge is 0.364 e. The van der Waals surface area contributed by atoms with Crippen molar-refractivity contribution >= 4 is 11.8 Å². The minimum atomic E-state index is -0.636. The number of carbonyl (C=O) groups excluding carboxylic acids is 2. The van der Waals surface area contributed by atoms with Gasteiger partial charge in [-0.25, -0.2) is 4.68 Å². The standard InChI is InChI=1S/C15H17N5O2/c1-10-14(15(16)22)17-18-20(10)9-13(21)19-7-6-11-4-2-3-5-12(11)8-19/h2-5H,6-9H2,1H3,(H2,16,22). The molecule has 3 rings (SSSR count). The van der Waals surface area contributed by atoms with E-state index in [2.05, 4.69) is 16.4 Å². The summed E-state index contributed by atoms with van der Waals surface area (Å²) in [6.07, 6.45) is 0.852. The van der Waals surface area contributed by atoms with Gasteiger partial charge in [0.1, 0.15) is 6.54 Å². The van der Waals surface area contributed by atoms with Crippen LogP contribution in [0.4, 0.5) is 0 Å². The molecule has 7 heteroatoms. The molecule has 0 saturated heterocycles. The molecule has 2 amide bonds. The summed E-state index contributed by atoms with van der Waals surface area (Å²) in [6, 6.07) is 8.13. The lowest BCUT2D eigenvalue weighted by atomic mass is 10.00. The van der Waals surface area contributed by atoms with E-state index in [-0.39, 0.29) is 18.1 Å². The van der Waals surface area contributed by atoms with E-state index in [1.54, 1.807) is 11.8 Å². The molecule has 1 aromatic carbocycles. The van der Waals surface area contributed by atoms with Crippen molar-refractivity contribution < 1.29 is 9.59 Å². The highest BCUT2D eigenvalue weighted by Gasteiger charge is 2.22. The molecule has 0 spiro atoms. The van der Waals surface area contributed by atoms with Gasteiger partial charge in [-0.2, -0.15) is 0 Å². The van der Waals surface area contributed by atoms with Gasteiger partial charge in [0.05, 0.1) is 5.69 Å². The van der Waals surface area contributed by atoms with Crippen LogP contribution < -0.4 is 5.73 Å². The zero-order chi connectivity index (χ0) is 15.7. The number of nitrogens with zero attached hydrogens (tertiary/aromatic N) is 4. The molecule has 0 bridgehead atoms. The summed E-state index contributed by atoms with van der Waals surface area (Å²) in [5, 5.41) is 7.55. The molecule has 22 heavy (non-hydrogen) atoms. The van der Waals surface area contributed by atoms with Gasteiger partial charge in [0, 0.05) is 13.1 Å². The molecule has 1 aromatic heterocycles. The van der Waals surface area contributed by atoms with Gasteiger partial charge in [-0.3, -0.25) is 9.59 Å². The van der Waals surface area contributed by atoms with Crippen LogP contribution in [0, 0.1) is 6.92 Å². The lowest BCUT2D eigenvalue weighted by Gasteiger charge is -2.28. The lowest BCUT2D eigenvalue weighted by molar-refractivity contribution is -0.133. The Balaban J connectivity index is 1.72. The molecule has 1 aliphatic rings. The van der Waals surface area contributed by atoms with E-state index >= 15 is 0 Å². The third-order valence-electron chi connectivity index (χ3n) is 3.98. The second kappa shape index (κ2) is 5.59. The van der Waals surface area contributed by atoms with Gasteiger partial charge in [-0.15, -0.1) is 5.10 Å². The molecule has 114 valence electrons. The number of aromatic nitrogens is 3. The summed E-state index contributed by atoms with van der Waals surface area (Å²) < 4.78 is 1.42. The van der Waals surface area contributed by atoms with Gasteiger partial charge < -0.3 is 10.6 Å². The van der Waals surface area contributed by atoms with Gasteiger partial charge in [0.15, 0.2) is 5.69 Å². The third kappa shape index (κ3) is 2.57. The summed E-state index contributed by atoms with van der Waals surface area (Å²) in [5.41, 5.74) is 8.29. The first-order valence-corrected chi connectivity index (χ1v) is 7.10. The fraction of sp³-hybridized carbons (Fsp3) is 0.333. The van der Waals surface area contributed by atoms with Crippen LogP contribution in [0.25, 0.3) is 0 Å². The predicted octanol–water partition coefficient (Wildman–Crippen LogP) is 0.270. The fourth-order valence-electron chi connectivity index (χ4n) is 2.67. The van der Waals surface area contributed by atoms with E-state index in [1.807, 2.05) is 18.2 Å². The van der Waals surface area contributed by atoms with Crippen LogP contribution in [-0.4, -0.2) is 38.3 Å². The van der Waals surface area contributed by atoms with E-state index < -0.39 is 5.91 Å². The van der Waals surface area contributed by atoms with Gasteiger partial charge in [0.2, 0.25) is 5.91 Å². The number of nitrogens with two attached hydrogens (primary N) is 1. The van der Waals surface area contributed by atoms with Gasteiger partial charge in [-0.1, -0.05) is 29.5 Å². The number of carbonyl (C=O) groups is 2. The van der Waals surface area contributed by atoms with Gasteiger partial charge in [-0.05, 0) is 24.5 Å². The molecule has 0 unspecified atom stereocenters. The molecule has 0 saturated carbocycles. The van der Waals surface area contributed by atoms with Crippen LogP contribution in [0.15, 0.2) is 24.3 Å². The predicted molar refractivity (Wildman–Crippen MR) is 78.8 cm³/mol. The molecule has 0 fully saturated rings. The van der Waals surface area contributed by atoms with Crippen LogP contribution in [0.3, 0.4) is 0 Å². The first-order valence-electron chi connectivity index (χ1n) is 7.10. The Labute approximate surface area is 127 Å². The zero-order valence-electron chi connectivity index (χ0n) is 12.3. The Morgan fingerprint density at radius 2 is 2.00 bits per heavy atom. The molecule has 2 N–H and O–H groups in total. The van der Waals surface area contributed by atoms with Crippen LogP contribution in [0.1, 0.15) is 27.3 Å². The number of rotatable bonds is 3. The normalized spacial score (nSPS) is 13.8. The number of amides is 2. The van der Waals surface area contributed by atoms with Crippen LogP contribution >= 0.6 is 0 Å². The highest BCUT2D eigenvalue weighted by molar-refractivity contribution is 5.91. The average Bonchev–Trinajstić information content (AvgIpc) is 2.88. The zero-order valence-corrected chi connectivity index (χ0v) is 12.3. The second-order valence-corrected chi connectivity index (χ2v) is 5.38. The van der Waals surface area contributed by atoms with Crippen LogP contribution in [0.2, 0.25) is 0 Å². The van der Waals surface area contributed by atoms with Crippen LogP contribution in [0.5, 0.6) is 0 Å². The quantitative estimate of drug-likeness (QED) is 0.880. The maximum atomic E-state index is 12.4. The molecule has 0 atom stereocenters. The van der Waals surface area contributed by atoms with Crippen molar-refractivity contribution in [1.29, 1.82) is 0 Å². The van der Waals surface area contributed by atoms with E-state index in [0.29, 0.717) is 18.8 Å². The second-order valence-electron chi connectivity index (χ2n) is 5.38. The first kappa shape index (κ1) is 14.2. The Morgan fingerprint density at radius 3 is 2.68 bits per heavy atom. The molecule has 2 heterocycles. The molecule has 1 aliphatic heterocycles. The Bertz CT molecular complexity index is 737. The van der Waals surface area contributed by atoms with E-state index in [4.69, 9.17) is 5.73 Å². The highest BCUT2D eigenvalue weighted by atomic mass is 16.2. The molecular formula is C15H17N5O2. The molecule has 2 aromatic rings. The number of hydrogen-bond donors (Lipinski definition) is 1. The summed E-state index contributed by atoms with van der Waals surface area (Å²) in [5.74, 6) is -0.679. The van der Waals surface area contributed by atoms with E-state index in [0.717, 1.165) is 6.42 Å². The number of primary amides is 1. The maximum Gasteiger partial charge on any atom is 0.271 e. The molecular weight excluding hydrogens is 282 g/mol. The van der Waals surface area contributed by atoms with Gasteiger partial charge in [0.25, 0.3) is 5.91 Å². The molecule has 7 nitrogen and oxygen atoms in total. The van der Waals surface area contributed by atoms with Crippen LogP contribution in [-0.2, 0) is 24.3 Å². The molecule has 0 aliphatic carbocycles. The van der Waals surface area contributed by atoms with E-state index in [1.165, 1.54) is 15.8 Å². The monoisotopic (exact) mass is 299 g/mol. The van der Waals surface area contributed by atoms with Crippen molar-refractivity contribution in [2.75, 3.05) is 6.54 Å². The maximum absolute atomic E-state index is 12.4. The first-order chi connectivity index (χ1) is 10.6. The van der Waals surface area contributed by atoms with E-state index in [9.17, 15) is 9.59 Å². The Morgan fingerprint density at radius 1 is 1.27 bits per heavy atom. The minimum absolute atomic E-state index is 0.0430. The van der Waals surface area contributed by atoms with Crippen molar-refractivity contribution in [3.8, 4) is 0 Å². The summed E-state index contributed by atoms with van der Waals surface area (Å²) in [6.45, 7) is 3.03. The smallest absolute Gasteiger partial charge is 0.271 e. The van der Waals surface area contributed by atoms with Crippen molar-refractivity contribution in [3.05, 3.63) is 46.8 Å². The Kier molecular flexibility index (Phi) is 3.62.